The molecule has 0 spiro atoms. The molecule has 1 fully saturated rings. The number of aromatic nitrogens is 2. The first-order valence-corrected chi connectivity index (χ1v) is 10.9. The van der Waals surface area contributed by atoms with Gasteiger partial charge in [-0.15, -0.1) is 0 Å². The van der Waals surface area contributed by atoms with Crippen LogP contribution in [0.25, 0.3) is 17.3 Å². The molecule has 0 amide bonds. The molecule has 0 saturated heterocycles. The van der Waals surface area contributed by atoms with Gasteiger partial charge in [-0.1, -0.05) is 49.6 Å². The van der Waals surface area contributed by atoms with Crippen molar-refractivity contribution < 1.29 is 14.3 Å². The SMILES string of the molecule is COC(=O)/C=C/c1cc(-c2ccc(OCc3ccccc3)cc2)n(C2CCCCC2)n1. The van der Waals surface area contributed by atoms with Crippen molar-refractivity contribution in [1.82, 2.24) is 9.78 Å². The van der Waals surface area contributed by atoms with Gasteiger partial charge in [0.25, 0.3) is 0 Å². The largest absolute Gasteiger partial charge is 0.489 e. The molecule has 0 bridgehead atoms. The Morgan fingerprint density at radius 2 is 1.81 bits per heavy atom. The molecule has 31 heavy (non-hydrogen) atoms. The number of carbonyl (C=O) groups excluding carboxylic acids is 1. The molecule has 1 aromatic heterocycles. The topological polar surface area (TPSA) is 53.4 Å². The maximum Gasteiger partial charge on any atom is 0.330 e. The van der Waals surface area contributed by atoms with Gasteiger partial charge in [0, 0.05) is 11.6 Å². The molecule has 1 aliphatic rings. The van der Waals surface area contributed by atoms with E-state index in [1.807, 2.05) is 36.4 Å². The highest BCUT2D eigenvalue weighted by atomic mass is 16.5. The van der Waals surface area contributed by atoms with E-state index in [0.29, 0.717) is 12.6 Å². The van der Waals surface area contributed by atoms with Crippen LogP contribution in [0.15, 0.2) is 66.7 Å². The molecule has 160 valence electrons. The number of benzene rings is 2. The lowest BCUT2D eigenvalue weighted by Crippen LogP contribution is -2.15. The number of ether oxygens (including phenoxy) is 2. The third-order valence-corrected chi connectivity index (χ3v) is 5.66. The van der Waals surface area contributed by atoms with Crippen molar-refractivity contribution in [2.24, 2.45) is 0 Å². The molecule has 0 aliphatic heterocycles. The summed E-state index contributed by atoms with van der Waals surface area (Å²) in [7, 11) is 1.38. The molecule has 1 aliphatic carbocycles. The number of esters is 1. The summed E-state index contributed by atoms with van der Waals surface area (Å²) in [6.07, 6.45) is 9.13. The summed E-state index contributed by atoms with van der Waals surface area (Å²) in [4.78, 5) is 11.5. The zero-order chi connectivity index (χ0) is 21.5. The first kappa shape index (κ1) is 20.9. The van der Waals surface area contributed by atoms with Crippen LogP contribution in [0.5, 0.6) is 5.75 Å². The van der Waals surface area contributed by atoms with Crippen molar-refractivity contribution in [3.8, 4) is 17.0 Å². The average molecular weight is 417 g/mol. The first-order valence-electron chi connectivity index (χ1n) is 10.9. The molecule has 1 heterocycles. The molecule has 2 aromatic carbocycles. The number of rotatable bonds is 7. The van der Waals surface area contributed by atoms with Gasteiger partial charge in [-0.25, -0.2) is 4.79 Å². The third-order valence-electron chi connectivity index (χ3n) is 5.66. The predicted molar refractivity (Wildman–Crippen MR) is 122 cm³/mol. The van der Waals surface area contributed by atoms with E-state index in [1.54, 1.807) is 6.08 Å². The van der Waals surface area contributed by atoms with E-state index in [0.717, 1.165) is 41.1 Å². The Kier molecular flexibility index (Phi) is 6.82. The maximum atomic E-state index is 11.5. The van der Waals surface area contributed by atoms with Gasteiger partial charge in [-0.05, 0) is 54.8 Å². The van der Waals surface area contributed by atoms with Gasteiger partial charge in [-0.2, -0.15) is 5.10 Å². The van der Waals surface area contributed by atoms with Gasteiger partial charge >= 0.3 is 5.97 Å². The Bertz CT molecular complexity index is 1020. The van der Waals surface area contributed by atoms with Crippen molar-refractivity contribution in [3.05, 3.63) is 78.0 Å². The van der Waals surface area contributed by atoms with Gasteiger partial charge in [0.05, 0.1) is 24.5 Å². The highest BCUT2D eigenvalue weighted by molar-refractivity contribution is 5.86. The minimum Gasteiger partial charge on any atom is -0.489 e. The first-order chi connectivity index (χ1) is 15.2. The zero-order valence-corrected chi connectivity index (χ0v) is 17.9. The molecule has 4 rings (SSSR count). The van der Waals surface area contributed by atoms with Gasteiger partial charge < -0.3 is 9.47 Å². The van der Waals surface area contributed by atoms with Crippen molar-refractivity contribution in [2.45, 2.75) is 44.8 Å². The number of hydrogen-bond acceptors (Lipinski definition) is 4. The number of methoxy groups -OCH3 is 1. The number of carbonyl (C=O) groups is 1. The van der Waals surface area contributed by atoms with Gasteiger partial charge in [-0.3, -0.25) is 4.68 Å². The molecule has 0 radical (unpaired) electrons. The predicted octanol–water partition coefficient (Wildman–Crippen LogP) is 5.82. The summed E-state index contributed by atoms with van der Waals surface area (Å²) in [5, 5.41) is 4.81. The zero-order valence-electron chi connectivity index (χ0n) is 17.9. The molecular weight excluding hydrogens is 388 g/mol. The summed E-state index contributed by atoms with van der Waals surface area (Å²) >= 11 is 0. The molecule has 3 aromatic rings. The van der Waals surface area contributed by atoms with E-state index in [2.05, 4.69) is 28.9 Å². The summed E-state index contributed by atoms with van der Waals surface area (Å²) < 4.78 is 12.8. The normalized spacial score (nSPS) is 14.6. The second kappa shape index (κ2) is 10.1. The van der Waals surface area contributed by atoms with Crippen molar-refractivity contribution in [2.75, 3.05) is 7.11 Å². The molecular formula is C26H28N2O3. The minimum absolute atomic E-state index is 0.381. The van der Waals surface area contributed by atoms with Gasteiger partial charge in [0.2, 0.25) is 0 Å². The lowest BCUT2D eigenvalue weighted by molar-refractivity contribution is -0.134. The van der Waals surface area contributed by atoms with Crippen LogP contribution in [0.3, 0.4) is 0 Å². The van der Waals surface area contributed by atoms with E-state index < -0.39 is 0 Å². The smallest absolute Gasteiger partial charge is 0.330 e. The van der Waals surface area contributed by atoms with Crippen LogP contribution in [0.1, 0.15) is 49.4 Å². The van der Waals surface area contributed by atoms with Gasteiger partial charge in [0.15, 0.2) is 0 Å². The number of hydrogen-bond donors (Lipinski definition) is 0. The Hall–Kier alpha value is -3.34. The standard InChI is InChI=1S/C26H28N2O3/c1-30-26(29)17-14-22-18-25(28(27-22)23-10-6-3-7-11-23)21-12-15-24(16-13-21)31-19-20-8-4-2-5-9-20/h2,4-5,8-9,12-18,23H,3,6-7,10-11,19H2,1H3/b17-14+. The second-order valence-corrected chi connectivity index (χ2v) is 7.85. The van der Waals surface area contributed by atoms with Crippen LogP contribution in [0.2, 0.25) is 0 Å². The lowest BCUT2D eigenvalue weighted by atomic mass is 9.95. The van der Waals surface area contributed by atoms with E-state index in [4.69, 9.17) is 14.6 Å². The molecule has 1 saturated carbocycles. The van der Waals surface area contributed by atoms with Gasteiger partial charge in [0.1, 0.15) is 12.4 Å². The van der Waals surface area contributed by atoms with E-state index in [9.17, 15) is 4.79 Å². The van der Waals surface area contributed by atoms with E-state index >= 15 is 0 Å². The summed E-state index contributed by atoms with van der Waals surface area (Å²) in [6, 6.07) is 20.7. The average Bonchev–Trinajstić information content (AvgIpc) is 3.27. The van der Waals surface area contributed by atoms with E-state index in [-0.39, 0.29) is 5.97 Å². The lowest BCUT2D eigenvalue weighted by Gasteiger charge is -2.24. The minimum atomic E-state index is -0.381. The Morgan fingerprint density at radius 1 is 1.06 bits per heavy atom. The van der Waals surface area contributed by atoms with Crippen LogP contribution >= 0.6 is 0 Å². The van der Waals surface area contributed by atoms with Crippen LogP contribution in [-0.4, -0.2) is 22.9 Å². The molecule has 0 unspecified atom stereocenters. The highest BCUT2D eigenvalue weighted by Crippen LogP contribution is 2.33. The van der Waals surface area contributed by atoms with Crippen LogP contribution in [0, 0.1) is 0 Å². The Labute approximate surface area is 183 Å². The molecule has 5 heteroatoms. The highest BCUT2D eigenvalue weighted by Gasteiger charge is 2.20. The van der Waals surface area contributed by atoms with Crippen molar-refractivity contribution >= 4 is 12.0 Å². The maximum absolute atomic E-state index is 11.5. The number of nitrogens with zero attached hydrogens (tertiary/aromatic N) is 2. The molecule has 0 N–H and O–H groups in total. The van der Waals surface area contributed by atoms with Crippen LogP contribution in [-0.2, 0) is 16.1 Å². The fourth-order valence-corrected chi connectivity index (χ4v) is 4.00. The fraction of sp³-hybridized carbons (Fsp3) is 0.308. The molecule has 5 nitrogen and oxygen atoms in total. The molecule has 0 atom stereocenters. The monoisotopic (exact) mass is 416 g/mol. The summed E-state index contributed by atoms with van der Waals surface area (Å²) in [6.45, 7) is 0.544. The van der Waals surface area contributed by atoms with Crippen LogP contribution in [0.4, 0.5) is 0 Å². The quantitative estimate of drug-likeness (QED) is 0.360. The third kappa shape index (κ3) is 5.43. The van der Waals surface area contributed by atoms with Crippen molar-refractivity contribution in [3.63, 3.8) is 0 Å². The summed E-state index contributed by atoms with van der Waals surface area (Å²) in [5.74, 6) is 0.454. The second-order valence-electron chi connectivity index (χ2n) is 7.85. The summed E-state index contributed by atoms with van der Waals surface area (Å²) in [5.41, 5.74) is 4.05. The van der Waals surface area contributed by atoms with Crippen molar-refractivity contribution in [1.29, 1.82) is 0 Å². The Balaban J connectivity index is 1.55. The van der Waals surface area contributed by atoms with E-state index in [1.165, 1.54) is 32.4 Å². The fourth-order valence-electron chi connectivity index (χ4n) is 4.00. The Morgan fingerprint density at radius 3 is 2.52 bits per heavy atom. The van der Waals surface area contributed by atoms with Crippen LogP contribution < -0.4 is 4.74 Å².